The molecule has 1 aromatic rings. The average Bonchev–Trinajstić information content (AvgIpc) is 3.05. The molecule has 2 fully saturated rings. The Morgan fingerprint density at radius 3 is 2.55 bits per heavy atom. The second-order valence-corrected chi connectivity index (χ2v) is 6.30. The number of fused-ring (bicyclic) bond motifs is 1. The van der Waals surface area contributed by atoms with Gasteiger partial charge in [0, 0.05) is 46.1 Å². The van der Waals surface area contributed by atoms with Gasteiger partial charge in [-0.3, -0.25) is 4.99 Å². The first kappa shape index (κ1) is 13.5. The van der Waals surface area contributed by atoms with E-state index in [-0.39, 0.29) is 0 Å². The SMILES string of the molecule is CN=C(NCc1ccn(C)c1)N1CC2CCCCC2C1. The van der Waals surface area contributed by atoms with Crippen molar-refractivity contribution in [3.05, 3.63) is 24.0 Å². The number of rotatable bonds is 2. The Morgan fingerprint density at radius 2 is 2.00 bits per heavy atom. The number of aryl methyl sites for hydroxylation is 1. The van der Waals surface area contributed by atoms with Crippen molar-refractivity contribution in [1.29, 1.82) is 0 Å². The molecule has 0 spiro atoms. The van der Waals surface area contributed by atoms with Gasteiger partial charge >= 0.3 is 0 Å². The Balaban J connectivity index is 1.57. The van der Waals surface area contributed by atoms with E-state index < -0.39 is 0 Å². The lowest BCUT2D eigenvalue weighted by Gasteiger charge is -2.22. The average molecular weight is 274 g/mol. The van der Waals surface area contributed by atoms with Crippen LogP contribution in [0.25, 0.3) is 0 Å². The van der Waals surface area contributed by atoms with Gasteiger partial charge in [-0.1, -0.05) is 12.8 Å². The molecule has 1 aromatic heterocycles. The fraction of sp³-hybridized carbons (Fsp3) is 0.688. The molecule has 1 aliphatic heterocycles. The topological polar surface area (TPSA) is 32.6 Å². The highest BCUT2D eigenvalue weighted by molar-refractivity contribution is 5.80. The number of likely N-dealkylation sites (tertiary alicyclic amines) is 1. The van der Waals surface area contributed by atoms with E-state index in [0.717, 1.165) is 24.3 Å². The van der Waals surface area contributed by atoms with Gasteiger partial charge in [0.25, 0.3) is 0 Å². The van der Waals surface area contributed by atoms with Crippen LogP contribution in [0.1, 0.15) is 31.2 Å². The van der Waals surface area contributed by atoms with Crippen molar-refractivity contribution in [1.82, 2.24) is 14.8 Å². The van der Waals surface area contributed by atoms with Crippen molar-refractivity contribution in [3.8, 4) is 0 Å². The molecule has 2 heterocycles. The quantitative estimate of drug-likeness (QED) is 0.662. The molecule has 2 aliphatic rings. The predicted octanol–water partition coefficient (Wildman–Crippen LogP) is 2.22. The molecule has 2 atom stereocenters. The van der Waals surface area contributed by atoms with Crippen LogP contribution in [0.5, 0.6) is 0 Å². The lowest BCUT2D eigenvalue weighted by Crippen LogP contribution is -2.39. The molecule has 4 heteroatoms. The van der Waals surface area contributed by atoms with Crippen LogP contribution >= 0.6 is 0 Å². The van der Waals surface area contributed by atoms with Gasteiger partial charge in [-0.25, -0.2) is 0 Å². The summed E-state index contributed by atoms with van der Waals surface area (Å²) in [5.74, 6) is 2.88. The molecule has 20 heavy (non-hydrogen) atoms. The Kier molecular flexibility index (Phi) is 3.99. The molecule has 0 aromatic carbocycles. The lowest BCUT2D eigenvalue weighted by atomic mass is 9.82. The maximum atomic E-state index is 4.47. The largest absolute Gasteiger partial charge is 0.357 e. The van der Waals surface area contributed by atoms with E-state index in [1.165, 1.54) is 44.3 Å². The second kappa shape index (κ2) is 5.90. The van der Waals surface area contributed by atoms with Crippen LogP contribution in [0.2, 0.25) is 0 Å². The van der Waals surface area contributed by atoms with Crippen molar-refractivity contribution in [2.24, 2.45) is 23.9 Å². The van der Waals surface area contributed by atoms with Crippen molar-refractivity contribution in [2.75, 3.05) is 20.1 Å². The zero-order valence-electron chi connectivity index (χ0n) is 12.7. The summed E-state index contributed by atoms with van der Waals surface area (Å²) in [6.07, 6.45) is 9.91. The molecule has 1 N–H and O–H groups in total. The van der Waals surface area contributed by atoms with E-state index in [4.69, 9.17) is 0 Å². The maximum Gasteiger partial charge on any atom is 0.193 e. The monoisotopic (exact) mass is 274 g/mol. The molecular weight excluding hydrogens is 248 g/mol. The summed E-state index contributed by atoms with van der Waals surface area (Å²) in [5, 5.41) is 3.51. The molecule has 0 amide bonds. The number of aromatic nitrogens is 1. The Bertz CT molecular complexity index is 463. The van der Waals surface area contributed by atoms with E-state index >= 15 is 0 Å². The van der Waals surface area contributed by atoms with Crippen LogP contribution < -0.4 is 5.32 Å². The number of hydrogen-bond donors (Lipinski definition) is 1. The number of hydrogen-bond acceptors (Lipinski definition) is 1. The summed E-state index contributed by atoms with van der Waals surface area (Å²) in [6, 6.07) is 2.16. The standard InChI is InChI=1S/C16H26N4/c1-17-16(18-9-13-7-8-19(2)10-13)20-11-14-5-3-4-6-15(14)12-20/h7-8,10,14-15H,3-6,9,11-12H2,1-2H3,(H,17,18). The van der Waals surface area contributed by atoms with Gasteiger partial charge in [0.1, 0.15) is 0 Å². The highest BCUT2D eigenvalue weighted by Gasteiger charge is 2.35. The molecule has 2 unspecified atom stereocenters. The third kappa shape index (κ3) is 2.84. The van der Waals surface area contributed by atoms with Crippen LogP contribution in [0, 0.1) is 11.8 Å². The van der Waals surface area contributed by atoms with Gasteiger partial charge in [0.05, 0.1) is 0 Å². The molecule has 1 aliphatic carbocycles. The van der Waals surface area contributed by atoms with Crippen LogP contribution in [0.15, 0.2) is 23.5 Å². The van der Waals surface area contributed by atoms with E-state index in [2.05, 4.69) is 45.3 Å². The lowest BCUT2D eigenvalue weighted by molar-refractivity contribution is 0.299. The maximum absolute atomic E-state index is 4.47. The van der Waals surface area contributed by atoms with Crippen LogP contribution in [0.3, 0.4) is 0 Å². The first-order valence-electron chi connectivity index (χ1n) is 7.82. The van der Waals surface area contributed by atoms with E-state index in [9.17, 15) is 0 Å². The summed E-state index contributed by atoms with van der Waals surface area (Å²) < 4.78 is 2.09. The summed E-state index contributed by atoms with van der Waals surface area (Å²) in [5.41, 5.74) is 1.31. The third-order valence-electron chi connectivity index (χ3n) is 4.83. The van der Waals surface area contributed by atoms with Gasteiger partial charge in [0.2, 0.25) is 0 Å². The van der Waals surface area contributed by atoms with Gasteiger partial charge in [-0.05, 0) is 36.3 Å². The third-order valence-corrected chi connectivity index (χ3v) is 4.83. The predicted molar refractivity (Wildman–Crippen MR) is 82.6 cm³/mol. The number of nitrogens with one attached hydrogen (secondary N) is 1. The van der Waals surface area contributed by atoms with Crippen molar-refractivity contribution in [2.45, 2.75) is 32.2 Å². The smallest absolute Gasteiger partial charge is 0.193 e. The summed E-state index contributed by atoms with van der Waals surface area (Å²) in [6.45, 7) is 3.25. The first-order chi connectivity index (χ1) is 9.76. The van der Waals surface area contributed by atoms with Gasteiger partial charge < -0.3 is 14.8 Å². The van der Waals surface area contributed by atoms with Gasteiger partial charge in [-0.15, -0.1) is 0 Å². The molecule has 3 rings (SSSR count). The van der Waals surface area contributed by atoms with Crippen molar-refractivity contribution < 1.29 is 0 Å². The second-order valence-electron chi connectivity index (χ2n) is 6.30. The highest BCUT2D eigenvalue weighted by atomic mass is 15.3. The van der Waals surface area contributed by atoms with Crippen molar-refractivity contribution >= 4 is 5.96 Å². The molecule has 0 radical (unpaired) electrons. The Hall–Kier alpha value is -1.45. The van der Waals surface area contributed by atoms with E-state index in [1.807, 2.05) is 7.05 Å². The molecule has 110 valence electrons. The Labute approximate surface area is 121 Å². The number of guanidine groups is 1. The summed E-state index contributed by atoms with van der Waals surface area (Å²) in [7, 11) is 3.96. The fourth-order valence-corrected chi connectivity index (χ4v) is 3.76. The van der Waals surface area contributed by atoms with E-state index in [0.29, 0.717) is 0 Å². The molecule has 1 saturated heterocycles. The summed E-state index contributed by atoms with van der Waals surface area (Å²) in [4.78, 5) is 6.94. The molecule has 4 nitrogen and oxygen atoms in total. The summed E-state index contributed by atoms with van der Waals surface area (Å²) >= 11 is 0. The number of aliphatic imine (C=N–C) groups is 1. The zero-order chi connectivity index (χ0) is 13.9. The zero-order valence-corrected chi connectivity index (χ0v) is 12.7. The molecule has 0 bridgehead atoms. The fourth-order valence-electron chi connectivity index (χ4n) is 3.76. The van der Waals surface area contributed by atoms with Crippen LogP contribution in [-0.4, -0.2) is 35.6 Å². The minimum absolute atomic E-state index is 0.860. The Morgan fingerprint density at radius 1 is 1.30 bits per heavy atom. The van der Waals surface area contributed by atoms with Crippen LogP contribution in [0.4, 0.5) is 0 Å². The normalized spacial score (nSPS) is 26.7. The molecular formula is C16H26N4. The van der Waals surface area contributed by atoms with Crippen molar-refractivity contribution in [3.63, 3.8) is 0 Å². The number of nitrogens with zero attached hydrogens (tertiary/aromatic N) is 3. The van der Waals surface area contributed by atoms with Crippen LogP contribution in [-0.2, 0) is 13.6 Å². The minimum atomic E-state index is 0.860. The first-order valence-corrected chi connectivity index (χ1v) is 7.82. The van der Waals surface area contributed by atoms with Gasteiger partial charge in [0.15, 0.2) is 5.96 Å². The van der Waals surface area contributed by atoms with E-state index in [1.54, 1.807) is 0 Å². The molecule has 1 saturated carbocycles. The van der Waals surface area contributed by atoms with Gasteiger partial charge in [-0.2, -0.15) is 0 Å². The minimum Gasteiger partial charge on any atom is -0.357 e. The highest BCUT2D eigenvalue weighted by Crippen LogP contribution is 2.35.